The Bertz CT molecular complexity index is 850. The summed E-state index contributed by atoms with van der Waals surface area (Å²) in [6.07, 6.45) is 0.730. The van der Waals surface area contributed by atoms with Crippen LogP contribution in [0, 0.1) is 0 Å². The van der Waals surface area contributed by atoms with Crippen molar-refractivity contribution in [2.24, 2.45) is 0 Å². The van der Waals surface area contributed by atoms with Gasteiger partial charge in [-0.15, -0.1) is 0 Å². The molecule has 0 aliphatic carbocycles. The van der Waals surface area contributed by atoms with Gasteiger partial charge in [-0.05, 0) is 35.9 Å². The van der Waals surface area contributed by atoms with E-state index in [2.05, 4.69) is 25.9 Å². The highest BCUT2D eigenvalue weighted by Crippen LogP contribution is 2.34. The molecule has 0 saturated carbocycles. The molecule has 104 valence electrons. The molecule has 0 aliphatic heterocycles. The first-order chi connectivity index (χ1) is 10.1. The highest BCUT2D eigenvalue weighted by Gasteiger charge is 2.15. The van der Waals surface area contributed by atoms with E-state index in [1.54, 1.807) is 12.1 Å². The summed E-state index contributed by atoms with van der Waals surface area (Å²) < 4.78 is 0.954. The number of carbonyl (C=O) groups excluding carboxylic acids is 1. The number of benzene rings is 2. The predicted octanol–water partition coefficient (Wildman–Crippen LogP) is 5.18. The van der Waals surface area contributed by atoms with E-state index in [0.717, 1.165) is 16.3 Å². The van der Waals surface area contributed by atoms with E-state index in [-0.39, 0.29) is 5.28 Å². The highest BCUT2D eigenvalue weighted by molar-refractivity contribution is 9.10. The molecule has 2 aromatic carbocycles. The quantitative estimate of drug-likeness (QED) is 0.453. The Labute approximate surface area is 139 Å². The van der Waals surface area contributed by atoms with Crippen LogP contribution in [0.1, 0.15) is 10.4 Å². The largest absolute Gasteiger partial charge is 0.298 e. The van der Waals surface area contributed by atoms with Gasteiger partial charge in [-0.2, -0.15) is 0 Å². The van der Waals surface area contributed by atoms with Crippen molar-refractivity contribution < 1.29 is 4.79 Å². The van der Waals surface area contributed by atoms with Crippen molar-refractivity contribution in [3.05, 3.63) is 56.7 Å². The second-order valence-electron chi connectivity index (χ2n) is 4.33. The molecule has 0 bridgehead atoms. The summed E-state index contributed by atoms with van der Waals surface area (Å²) in [5.74, 6) is 0. The zero-order valence-corrected chi connectivity index (χ0v) is 13.6. The van der Waals surface area contributed by atoms with E-state index >= 15 is 0 Å². The topological polar surface area (TPSA) is 42.9 Å². The van der Waals surface area contributed by atoms with Crippen LogP contribution in [0.4, 0.5) is 0 Å². The summed E-state index contributed by atoms with van der Waals surface area (Å²) in [6, 6.07) is 10.9. The minimum Gasteiger partial charge on any atom is -0.298 e. The maximum absolute atomic E-state index is 11.2. The summed E-state index contributed by atoms with van der Waals surface area (Å²) in [5, 5.41) is 1.17. The van der Waals surface area contributed by atoms with Crippen LogP contribution in [0.25, 0.3) is 22.2 Å². The maximum Gasteiger partial charge on any atom is 0.223 e. The summed E-state index contributed by atoms with van der Waals surface area (Å²) in [4.78, 5) is 19.6. The molecule has 6 heteroatoms. The maximum atomic E-state index is 11.2. The highest BCUT2D eigenvalue weighted by atomic mass is 79.9. The normalized spacial score (nSPS) is 10.8. The van der Waals surface area contributed by atoms with Gasteiger partial charge in [0.2, 0.25) is 5.28 Å². The molecule has 0 saturated heterocycles. The fraction of sp³-hybridized carbons (Fsp3) is 0. The SMILES string of the molecule is O=Cc1ccc(Cl)c2c(-c3ccc(Br)cc3)nc(Cl)nc12. The fourth-order valence-electron chi connectivity index (χ4n) is 2.11. The van der Waals surface area contributed by atoms with Crippen LogP contribution in [-0.4, -0.2) is 16.3 Å². The van der Waals surface area contributed by atoms with Crippen LogP contribution in [0.5, 0.6) is 0 Å². The lowest BCUT2D eigenvalue weighted by molar-refractivity contribution is 0.112. The molecule has 0 radical (unpaired) electrons. The Hall–Kier alpha value is -1.49. The van der Waals surface area contributed by atoms with Crippen molar-refractivity contribution >= 4 is 56.3 Å². The van der Waals surface area contributed by atoms with Gasteiger partial charge in [0.05, 0.1) is 16.2 Å². The number of rotatable bonds is 2. The molecule has 3 aromatic rings. The average Bonchev–Trinajstić information content (AvgIpc) is 2.47. The molecule has 0 spiro atoms. The molecule has 0 N–H and O–H groups in total. The third kappa shape index (κ3) is 2.67. The number of aldehydes is 1. The van der Waals surface area contributed by atoms with Gasteiger partial charge in [0.15, 0.2) is 6.29 Å². The summed E-state index contributed by atoms with van der Waals surface area (Å²) in [7, 11) is 0. The zero-order valence-electron chi connectivity index (χ0n) is 10.5. The van der Waals surface area contributed by atoms with Crippen LogP contribution in [0.15, 0.2) is 40.9 Å². The van der Waals surface area contributed by atoms with Gasteiger partial charge in [-0.1, -0.05) is 39.7 Å². The Morgan fingerprint density at radius 1 is 1.00 bits per heavy atom. The Balaban J connectivity index is 2.42. The summed E-state index contributed by atoms with van der Waals surface area (Å²) in [6.45, 7) is 0. The minimum atomic E-state index is 0.0748. The number of hydrogen-bond donors (Lipinski definition) is 0. The van der Waals surface area contributed by atoms with Crippen LogP contribution in [-0.2, 0) is 0 Å². The van der Waals surface area contributed by atoms with Gasteiger partial charge in [0, 0.05) is 21.0 Å². The molecule has 3 nitrogen and oxygen atoms in total. The number of carbonyl (C=O) groups is 1. The average molecular weight is 382 g/mol. The van der Waals surface area contributed by atoms with E-state index < -0.39 is 0 Å². The van der Waals surface area contributed by atoms with Crippen molar-refractivity contribution in [1.82, 2.24) is 9.97 Å². The first-order valence-corrected chi connectivity index (χ1v) is 7.52. The second-order valence-corrected chi connectivity index (χ2v) is 5.99. The number of fused-ring (bicyclic) bond motifs is 1. The minimum absolute atomic E-state index is 0.0748. The second kappa shape index (κ2) is 5.72. The van der Waals surface area contributed by atoms with Crippen molar-refractivity contribution in [1.29, 1.82) is 0 Å². The molecule has 1 heterocycles. The lowest BCUT2D eigenvalue weighted by Gasteiger charge is -2.09. The van der Waals surface area contributed by atoms with E-state index in [1.807, 2.05) is 24.3 Å². The van der Waals surface area contributed by atoms with Crippen molar-refractivity contribution in [2.45, 2.75) is 0 Å². The smallest absolute Gasteiger partial charge is 0.223 e. The molecule has 21 heavy (non-hydrogen) atoms. The summed E-state index contributed by atoms with van der Waals surface area (Å²) in [5.41, 5.74) is 2.33. The van der Waals surface area contributed by atoms with E-state index in [9.17, 15) is 4.79 Å². The third-order valence-electron chi connectivity index (χ3n) is 3.05. The molecule has 0 unspecified atom stereocenters. The monoisotopic (exact) mass is 380 g/mol. The van der Waals surface area contributed by atoms with Gasteiger partial charge in [0.1, 0.15) is 0 Å². The number of halogens is 3. The molecular formula is C15H7BrCl2N2O. The molecule has 0 atom stereocenters. The summed E-state index contributed by atoms with van der Waals surface area (Å²) >= 11 is 15.7. The van der Waals surface area contributed by atoms with E-state index in [1.165, 1.54) is 0 Å². The third-order valence-corrected chi connectivity index (χ3v) is 4.06. The van der Waals surface area contributed by atoms with Crippen LogP contribution in [0.2, 0.25) is 10.3 Å². The lowest BCUT2D eigenvalue weighted by Crippen LogP contribution is -1.95. The standard InChI is InChI=1S/C15H7BrCl2N2O/c16-10-4-1-8(2-5-10)13-12-11(17)6-3-9(7-21)14(12)20-15(18)19-13/h1-7H. The van der Waals surface area contributed by atoms with Crippen molar-refractivity contribution in [2.75, 3.05) is 0 Å². The molecular weight excluding hydrogens is 375 g/mol. The van der Waals surface area contributed by atoms with Crippen LogP contribution < -0.4 is 0 Å². The van der Waals surface area contributed by atoms with Crippen LogP contribution >= 0.6 is 39.1 Å². The molecule has 3 rings (SSSR count). The lowest BCUT2D eigenvalue weighted by atomic mass is 10.0. The Morgan fingerprint density at radius 3 is 2.38 bits per heavy atom. The van der Waals surface area contributed by atoms with Crippen molar-refractivity contribution in [3.8, 4) is 11.3 Å². The van der Waals surface area contributed by atoms with Gasteiger partial charge in [0.25, 0.3) is 0 Å². The number of hydrogen-bond acceptors (Lipinski definition) is 3. The van der Waals surface area contributed by atoms with Gasteiger partial charge < -0.3 is 0 Å². The number of nitrogens with zero attached hydrogens (tertiary/aromatic N) is 2. The fourth-order valence-corrected chi connectivity index (χ4v) is 2.78. The predicted molar refractivity (Wildman–Crippen MR) is 88.1 cm³/mol. The van der Waals surface area contributed by atoms with Crippen molar-refractivity contribution in [3.63, 3.8) is 0 Å². The van der Waals surface area contributed by atoms with E-state index in [4.69, 9.17) is 23.2 Å². The molecule has 0 aliphatic rings. The van der Waals surface area contributed by atoms with Gasteiger partial charge in [-0.25, -0.2) is 9.97 Å². The Morgan fingerprint density at radius 2 is 1.71 bits per heavy atom. The zero-order chi connectivity index (χ0) is 15.0. The van der Waals surface area contributed by atoms with Gasteiger partial charge >= 0.3 is 0 Å². The first kappa shape index (κ1) is 14.4. The van der Waals surface area contributed by atoms with Gasteiger partial charge in [-0.3, -0.25) is 4.79 Å². The molecule has 0 amide bonds. The first-order valence-electron chi connectivity index (χ1n) is 5.97. The number of aromatic nitrogens is 2. The van der Waals surface area contributed by atoms with E-state index in [0.29, 0.717) is 27.2 Å². The Kier molecular flexibility index (Phi) is 3.93. The molecule has 0 fully saturated rings. The molecule has 1 aromatic heterocycles. The van der Waals surface area contributed by atoms with Crippen LogP contribution in [0.3, 0.4) is 0 Å².